The van der Waals surface area contributed by atoms with Crippen LogP contribution in [0.4, 0.5) is 8.78 Å². The van der Waals surface area contributed by atoms with Gasteiger partial charge in [-0.05, 0) is 0 Å². The van der Waals surface area contributed by atoms with Crippen molar-refractivity contribution in [1.29, 1.82) is 0 Å². The largest absolute Gasteiger partial charge is 0.397 e. The van der Waals surface area contributed by atoms with E-state index in [4.69, 9.17) is 5.26 Å². The number of nitrogens with zero attached hydrogens (tertiary/aromatic N) is 1. The van der Waals surface area contributed by atoms with Crippen LogP contribution in [0, 0.1) is 0 Å². The second-order valence-corrected chi connectivity index (χ2v) is 2.76. The summed E-state index contributed by atoms with van der Waals surface area (Å²) in [6, 6.07) is 0. The fourth-order valence-corrected chi connectivity index (χ4v) is 0.724. The highest BCUT2D eigenvalue weighted by atomic mass is 32.2. The van der Waals surface area contributed by atoms with Crippen molar-refractivity contribution in [1.82, 2.24) is 4.90 Å². The third-order valence-electron chi connectivity index (χ3n) is 0.824. The summed E-state index contributed by atoms with van der Waals surface area (Å²) < 4.78 is 28.5. The smallest absolute Gasteiger partial charge is 0.343 e. The molecular formula is C4H7F2NO4S. The molecule has 0 aliphatic heterocycles. The van der Waals surface area contributed by atoms with Crippen molar-refractivity contribution in [3.63, 3.8) is 0 Å². The summed E-state index contributed by atoms with van der Waals surface area (Å²) in [5.41, 5.74) is 0. The lowest BCUT2D eigenvalue weighted by molar-refractivity contribution is -0.433. The van der Waals surface area contributed by atoms with Crippen molar-refractivity contribution in [3.05, 3.63) is 0 Å². The van der Waals surface area contributed by atoms with E-state index in [2.05, 4.69) is 9.37 Å². The molecule has 12 heavy (non-hydrogen) atoms. The molecule has 0 unspecified atom stereocenters. The van der Waals surface area contributed by atoms with Crippen molar-refractivity contribution in [2.45, 2.75) is 5.25 Å². The number of alkyl halides is 2. The van der Waals surface area contributed by atoms with Gasteiger partial charge in [-0.25, -0.2) is 5.26 Å². The van der Waals surface area contributed by atoms with E-state index in [0.717, 1.165) is 14.1 Å². The molecule has 0 radical (unpaired) electrons. The van der Waals surface area contributed by atoms with Gasteiger partial charge in [0.15, 0.2) is 0 Å². The Labute approximate surface area is 71.3 Å². The lowest BCUT2D eigenvalue weighted by atomic mass is 10.6. The molecule has 8 heteroatoms. The Hall–Kier alpha value is -0.440. The number of rotatable bonds is 4. The van der Waals surface area contributed by atoms with Crippen LogP contribution in [0.1, 0.15) is 0 Å². The molecule has 0 atom stereocenters. The van der Waals surface area contributed by atoms with Crippen LogP contribution in [0.25, 0.3) is 0 Å². The van der Waals surface area contributed by atoms with Gasteiger partial charge in [0.05, 0.1) is 0 Å². The zero-order chi connectivity index (χ0) is 9.78. The summed E-state index contributed by atoms with van der Waals surface area (Å²) in [6.45, 7) is 0. The van der Waals surface area contributed by atoms with Gasteiger partial charge < -0.3 is 4.90 Å². The fraction of sp³-hybridized carbons (Fsp3) is 0.750. The Morgan fingerprint density at radius 2 is 2.08 bits per heavy atom. The minimum Gasteiger partial charge on any atom is -0.343 e. The highest BCUT2D eigenvalue weighted by molar-refractivity contribution is 7.96. The maximum Gasteiger partial charge on any atom is 0.397 e. The van der Waals surface area contributed by atoms with Crippen LogP contribution in [0.15, 0.2) is 0 Å². The maximum absolute atomic E-state index is 12.5. The molecule has 0 aromatic carbocycles. The minimum atomic E-state index is -3.77. The van der Waals surface area contributed by atoms with Gasteiger partial charge in [0.25, 0.3) is 0 Å². The standard InChI is InChI=1S/C4H7F2NO4S/c1-7(2)3(8)4(5,6)12-11-10-9/h9H,1-2H3. The average Bonchev–Trinajstić information content (AvgIpc) is 1.99. The second-order valence-electron chi connectivity index (χ2n) is 1.94. The first-order valence-corrected chi connectivity index (χ1v) is 3.41. The number of carbonyl (C=O) groups is 1. The van der Waals surface area contributed by atoms with Gasteiger partial charge in [-0.3, -0.25) is 4.79 Å². The molecular weight excluding hydrogens is 196 g/mol. The van der Waals surface area contributed by atoms with E-state index in [9.17, 15) is 13.6 Å². The molecule has 0 saturated heterocycles. The van der Waals surface area contributed by atoms with E-state index in [-0.39, 0.29) is 0 Å². The van der Waals surface area contributed by atoms with Gasteiger partial charge in [-0.15, -0.1) is 4.33 Å². The van der Waals surface area contributed by atoms with Crippen LogP contribution in [0.2, 0.25) is 0 Å². The van der Waals surface area contributed by atoms with Gasteiger partial charge in [0.1, 0.15) is 12.0 Å². The summed E-state index contributed by atoms with van der Waals surface area (Å²) in [4.78, 5) is 11.3. The fourth-order valence-electron chi connectivity index (χ4n) is 0.354. The second kappa shape index (κ2) is 4.55. The van der Waals surface area contributed by atoms with E-state index in [1.807, 2.05) is 0 Å². The average molecular weight is 203 g/mol. The monoisotopic (exact) mass is 203 g/mol. The summed E-state index contributed by atoms with van der Waals surface area (Å²) in [7, 11) is 2.33. The zero-order valence-electron chi connectivity index (χ0n) is 6.28. The van der Waals surface area contributed by atoms with E-state index in [1.165, 1.54) is 0 Å². The molecule has 72 valence electrons. The summed E-state index contributed by atoms with van der Waals surface area (Å²) in [5.74, 6) is -1.45. The summed E-state index contributed by atoms with van der Waals surface area (Å²) in [5, 5.41) is 6.70. The lowest BCUT2D eigenvalue weighted by Crippen LogP contribution is -2.36. The predicted octanol–water partition coefficient (Wildman–Crippen LogP) is 0.737. The lowest BCUT2D eigenvalue weighted by Gasteiger charge is -2.16. The highest BCUT2D eigenvalue weighted by Crippen LogP contribution is 2.31. The van der Waals surface area contributed by atoms with Crippen LogP contribution in [0.5, 0.6) is 0 Å². The first-order valence-electron chi connectivity index (χ1n) is 2.67. The molecule has 0 aromatic heterocycles. The van der Waals surface area contributed by atoms with Crippen LogP contribution in [-0.2, 0) is 14.2 Å². The minimum absolute atomic E-state index is 0.582. The van der Waals surface area contributed by atoms with Crippen molar-refractivity contribution in [2.75, 3.05) is 14.1 Å². The normalized spacial score (nSPS) is 11.4. The molecule has 5 nitrogen and oxygen atoms in total. The molecule has 0 fully saturated rings. The quantitative estimate of drug-likeness (QED) is 0.415. The first-order chi connectivity index (χ1) is 5.41. The summed E-state index contributed by atoms with van der Waals surface area (Å²) >= 11 is -0.582. The third kappa shape index (κ3) is 3.30. The Bertz CT molecular complexity index is 165. The van der Waals surface area contributed by atoms with Crippen LogP contribution >= 0.6 is 12.0 Å². The van der Waals surface area contributed by atoms with Gasteiger partial charge in [0.2, 0.25) is 0 Å². The van der Waals surface area contributed by atoms with Gasteiger partial charge in [-0.1, -0.05) is 5.04 Å². The molecule has 0 saturated carbocycles. The van der Waals surface area contributed by atoms with E-state index < -0.39 is 23.2 Å². The Kier molecular flexibility index (Phi) is 4.39. The van der Waals surface area contributed by atoms with E-state index in [0.29, 0.717) is 4.90 Å². The predicted molar refractivity (Wildman–Crippen MR) is 36.0 cm³/mol. The van der Waals surface area contributed by atoms with E-state index >= 15 is 0 Å². The van der Waals surface area contributed by atoms with Crippen molar-refractivity contribution in [3.8, 4) is 0 Å². The van der Waals surface area contributed by atoms with Crippen molar-refractivity contribution >= 4 is 17.9 Å². The first kappa shape index (κ1) is 11.6. The van der Waals surface area contributed by atoms with Crippen LogP contribution < -0.4 is 0 Å². The number of hydrogen-bond acceptors (Lipinski definition) is 5. The highest BCUT2D eigenvalue weighted by Gasteiger charge is 2.43. The van der Waals surface area contributed by atoms with Crippen LogP contribution in [0.3, 0.4) is 0 Å². The zero-order valence-corrected chi connectivity index (χ0v) is 7.10. The molecule has 0 aliphatic carbocycles. The van der Waals surface area contributed by atoms with Gasteiger partial charge in [0, 0.05) is 14.1 Å². The van der Waals surface area contributed by atoms with Gasteiger partial charge in [-0.2, -0.15) is 8.78 Å². The Morgan fingerprint density at radius 3 is 2.42 bits per heavy atom. The van der Waals surface area contributed by atoms with Crippen molar-refractivity contribution in [2.24, 2.45) is 0 Å². The number of hydrogen-bond donors (Lipinski definition) is 1. The molecule has 0 spiro atoms. The molecule has 1 N–H and O–H groups in total. The number of amides is 1. The van der Waals surface area contributed by atoms with Crippen molar-refractivity contribution < 1.29 is 28.2 Å². The van der Waals surface area contributed by atoms with Gasteiger partial charge >= 0.3 is 11.2 Å². The summed E-state index contributed by atoms with van der Waals surface area (Å²) in [6.07, 6.45) is 0. The number of halogens is 2. The van der Waals surface area contributed by atoms with Crippen LogP contribution in [-0.4, -0.2) is 35.4 Å². The molecule has 0 bridgehead atoms. The van der Waals surface area contributed by atoms with E-state index in [1.54, 1.807) is 0 Å². The molecule has 0 heterocycles. The molecule has 1 amide bonds. The molecule has 0 aromatic rings. The molecule has 0 aliphatic rings. The SMILES string of the molecule is CN(C)C(=O)C(F)(F)SOOO. The third-order valence-corrected chi connectivity index (χ3v) is 1.34. The topological polar surface area (TPSA) is 59.0 Å². The Balaban J connectivity index is 4.09. The molecule has 0 rings (SSSR count). The Morgan fingerprint density at radius 1 is 1.58 bits per heavy atom. The maximum atomic E-state index is 12.5. The number of carbonyl (C=O) groups excluding carboxylic acids is 1.